The van der Waals surface area contributed by atoms with Gasteiger partial charge < -0.3 is 15.4 Å². The predicted molar refractivity (Wildman–Crippen MR) is 93.8 cm³/mol. The summed E-state index contributed by atoms with van der Waals surface area (Å²) < 4.78 is 5.50. The molecule has 1 atom stereocenters. The van der Waals surface area contributed by atoms with Gasteiger partial charge in [0, 0.05) is 43.0 Å². The van der Waals surface area contributed by atoms with E-state index in [9.17, 15) is 0 Å². The van der Waals surface area contributed by atoms with Crippen molar-refractivity contribution < 1.29 is 4.74 Å². The summed E-state index contributed by atoms with van der Waals surface area (Å²) in [5.74, 6) is 0.883. The first kappa shape index (κ1) is 17.2. The fourth-order valence-corrected chi connectivity index (χ4v) is 3.60. The standard InChI is InChI=1S/C16H28N4OS/c1-4-7-18-16(17-3)19-12-14(15-6-5-13(2)22-15)20-8-10-21-11-9-20/h5-6,14H,4,7-12H2,1-3H3,(H2,17,18,19). The lowest BCUT2D eigenvalue weighted by Gasteiger charge is -2.34. The van der Waals surface area contributed by atoms with Crippen molar-refractivity contribution in [3.05, 3.63) is 21.9 Å². The fraction of sp³-hybridized carbons (Fsp3) is 0.688. The van der Waals surface area contributed by atoms with Gasteiger partial charge in [0.2, 0.25) is 0 Å². The molecule has 0 radical (unpaired) electrons. The van der Waals surface area contributed by atoms with Crippen LogP contribution in [-0.4, -0.2) is 57.3 Å². The predicted octanol–water partition coefficient (Wildman–Crippen LogP) is 2.00. The van der Waals surface area contributed by atoms with E-state index < -0.39 is 0 Å². The van der Waals surface area contributed by atoms with Crippen molar-refractivity contribution in [1.29, 1.82) is 0 Å². The zero-order chi connectivity index (χ0) is 15.8. The first-order valence-corrected chi connectivity index (χ1v) is 8.89. The summed E-state index contributed by atoms with van der Waals surface area (Å²) in [6, 6.07) is 4.84. The van der Waals surface area contributed by atoms with Crippen molar-refractivity contribution in [2.75, 3.05) is 46.4 Å². The van der Waals surface area contributed by atoms with E-state index in [-0.39, 0.29) is 0 Å². The molecule has 1 aromatic rings. The van der Waals surface area contributed by atoms with E-state index in [1.54, 1.807) is 0 Å². The maximum Gasteiger partial charge on any atom is 0.191 e. The molecule has 0 saturated carbocycles. The van der Waals surface area contributed by atoms with Crippen LogP contribution in [0.5, 0.6) is 0 Å². The summed E-state index contributed by atoms with van der Waals surface area (Å²) in [7, 11) is 1.82. The molecule has 0 spiro atoms. The highest BCUT2D eigenvalue weighted by Crippen LogP contribution is 2.27. The summed E-state index contributed by atoms with van der Waals surface area (Å²) in [4.78, 5) is 9.58. The number of rotatable bonds is 6. The topological polar surface area (TPSA) is 48.9 Å². The lowest BCUT2D eigenvalue weighted by Crippen LogP contribution is -2.46. The van der Waals surface area contributed by atoms with Crippen molar-refractivity contribution in [1.82, 2.24) is 15.5 Å². The second-order valence-corrected chi connectivity index (χ2v) is 6.81. The lowest BCUT2D eigenvalue weighted by molar-refractivity contribution is 0.0177. The normalized spacial score (nSPS) is 18.2. The van der Waals surface area contributed by atoms with Gasteiger partial charge in [-0.05, 0) is 25.5 Å². The van der Waals surface area contributed by atoms with Gasteiger partial charge in [0.25, 0.3) is 0 Å². The van der Waals surface area contributed by atoms with E-state index >= 15 is 0 Å². The molecule has 1 aliphatic rings. The van der Waals surface area contributed by atoms with Crippen LogP contribution in [0.25, 0.3) is 0 Å². The Labute approximate surface area is 137 Å². The first-order valence-electron chi connectivity index (χ1n) is 8.07. The Bertz CT molecular complexity index is 468. The highest BCUT2D eigenvalue weighted by atomic mass is 32.1. The van der Waals surface area contributed by atoms with Crippen LogP contribution in [0.15, 0.2) is 17.1 Å². The largest absolute Gasteiger partial charge is 0.379 e. The SMILES string of the molecule is CCCNC(=NC)NCC(c1ccc(C)s1)N1CCOCC1. The second kappa shape index (κ2) is 9.12. The van der Waals surface area contributed by atoms with Crippen molar-refractivity contribution >= 4 is 17.3 Å². The third-order valence-electron chi connectivity index (χ3n) is 3.80. The van der Waals surface area contributed by atoms with E-state index in [4.69, 9.17) is 4.74 Å². The molecule has 1 fully saturated rings. The average Bonchev–Trinajstić information content (AvgIpc) is 2.98. The van der Waals surface area contributed by atoms with Crippen LogP contribution < -0.4 is 10.6 Å². The Morgan fingerprint density at radius 3 is 2.73 bits per heavy atom. The average molecular weight is 324 g/mol. The van der Waals surface area contributed by atoms with Gasteiger partial charge in [-0.1, -0.05) is 6.92 Å². The van der Waals surface area contributed by atoms with E-state index in [1.807, 2.05) is 18.4 Å². The van der Waals surface area contributed by atoms with Gasteiger partial charge in [0.05, 0.1) is 19.3 Å². The number of hydrogen-bond donors (Lipinski definition) is 2. The number of nitrogens with zero attached hydrogens (tertiary/aromatic N) is 2. The summed E-state index contributed by atoms with van der Waals surface area (Å²) in [5, 5.41) is 6.81. The van der Waals surface area contributed by atoms with Crippen molar-refractivity contribution in [3.8, 4) is 0 Å². The Balaban J connectivity index is 2.01. The van der Waals surface area contributed by atoms with Gasteiger partial charge in [0.1, 0.15) is 0 Å². The maximum atomic E-state index is 5.50. The molecule has 0 amide bonds. The molecule has 0 bridgehead atoms. The molecule has 5 nitrogen and oxygen atoms in total. The number of guanidine groups is 1. The van der Waals surface area contributed by atoms with Crippen molar-refractivity contribution in [2.45, 2.75) is 26.3 Å². The zero-order valence-corrected chi connectivity index (χ0v) is 14.7. The number of ether oxygens (including phenoxy) is 1. The molecule has 2 heterocycles. The van der Waals surface area contributed by atoms with Crippen LogP contribution in [0.4, 0.5) is 0 Å². The monoisotopic (exact) mass is 324 g/mol. The van der Waals surface area contributed by atoms with Crippen molar-refractivity contribution in [3.63, 3.8) is 0 Å². The van der Waals surface area contributed by atoms with Gasteiger partial charge in [-0.15, -0.1) is 11.3 Å². The van der Waals surface area contributed by atoms with E-state index in [0.29, 0.717) is 6.04 Å². The highest BCUT2D eigenvalue weighted by molar-refractivity contribution is 7.12. The van der Waals surface area contributed by atoms with E-state index in [2.05, 4.69) is 46.5 Å². The first-order chi connectivity index (χ1) is 10.7. The second-order valence-electron chi connectivity index (χ2n) is 5.49. The lowest BCUT2D eigenvalue weighted by atomic mass is 10.2. The number of aliphatic imine (C=N–C) groups is 1. The maximum absolute atomic E-state index is 5.50. The third kappa shape index (κ3) is 4.97. The smallest absolute Gasteiger partial charge is 0.191 e. The summed E-state index contributed by atoms with van der Waals surface area (Å²) >= 11 is 1.88. The zero-order valence-electron chi connectivity index (χ0n) is 13.9. The summed E-state index contributed by atoms with van der Waals surface area (Å²) in [6.07, 6.45) is 1.09. The Morgan fingerprint density at radius 1 is 1.36 bits per heavy atom. The Hall–Kier alpha value is -1.11. The van der Waals surface area contributed by atoms with Gasteiger partial charge in [-0.3, -0.25) is 9.89 Å². The molecule has 2 rings (SSSR count). The number of morpholine rings is 1. The van der Waals surface area contributed by atoms with E-state index in [0.717, 1.165) is 51.8 Å². The Kier molecular flexibility index (Phi) is 7.15. The molecule has 1 aromatic heterocycles. The molecule has 1 aliphatic heterocycles. The number of hydrogen-bond acceptors (Lipinski definition) is 4. The van der Waals surface area contributed by atoms with Crippen LogP contribution in [0.3, 0.4) is 0 Å². The number of nitrogens with one attached hydrogen (secondary N) is 2. The molecule has 0 aromatic carbocycles. The van der Waals surface area contributed by atoms with Gasteiger partial charge in [-0.2, -0.15) is 0 Å². The van der Waals surface area contributed by atoms with Crippen molar-refractivity contribution in [2.24, 2.45) is 4.99 Å². The molecule has 1 saturated heterocycles. The van der Waals surface area contributed by atoms with Gasteiger partial charge >= 0.3 is 0 Å². The minimum Gasteiger partial charge on any atom is -0.379 e. The molecule has 2 N–H and O–H groups in total. The van der Waals surface area contributed by atoms with Crippen LogP contribution in [0, 0.1) is 6.92 Å². The summed E-state index contributed by atoms with van der Waals surface area (Å²) in [5.41, 5.74) is 0. The number of aryl methyl sites for hydroxylation is 1. The molecular formula is C16H28N4OS. The van der Waals surface area contributed by atoms with Gasteiger partial charge in [-0.25, -0.2) is 0 Å². The third-order valence-corrected chi connectivity index (χ3v) is 4.91. The molecule has 1 unspecified atom stereocenters. The quantitative estimate of drug-likeness (QED) is 0.621. The minimum absolute atomic E-state index is 0.378. The van der Waals surface area contributed by atoms with Crippen LogP contribution >= 0.6 is 11.3 Å². The molecule has 0 aliphatic carbocycles. The molecule has 22 heavy (non-hydrogen) atoms. The van der Waals surface area contributed by atoms with Crippen LogP contribution in [0.2, 0.25) is 0 Å². The van der Waals surface area contributed by atoms with Crippen LogP contribution in [-0.2, 0) is 4.74 Å². The molecule has 6 heteroatoms. The molecule has 124 valence electrons. The molecular weight excluding hydrogens is 296 g/mol. The number of thiophene rings is 1. The van der Waals surface area contributed by atoms with Gasteiger partial charge in [0.15, 0.2) is 5.96 Å². The summed E-state index contributed by atoms with van der Waals surface area (Å²) in [6.45, 7) is 9.76. The minimum atomic E-state index is 0.378. The van der Waals surface area contributed by atoms with E-state index in [1.165, 1.54) is 9.75 Å². The van der Waals surface area contributed by atoms with Crippen LogP contribution in [0.1, 0.15) is 29.1 Å². The highest BCUT2D eigenvalue weighted by Gasteiger charge is 2.24. The Morgan fingerprint density at radius 2 is 2.14 bits per heavy atom. The fourth-order valence-electron chi connectivity index (χ4n) is 2.59.